The van der Waals surface area contributed by atoms with Gasteiger partial charge in [0.25, 0.3) is 5.91 Å². The highest BCUT2D eigenvalue weighted by atomic mass is 32.2. The van der Waals surface area contributed by atoms with Gasteiger partial charge >= 0.3 is 0 Å². The molecule has 9 heteroatoms. The number of methoxy groups -OCH3 is 2. The Balaban J connectivity index is 1.94. The van der Waals surface area contributed by atoms with Crippen molar-refractivity contribution >= 4 is 27.6 Å². The third-order valence-electron chi connectivity index (χ3n) is 3.44. The van der Waals surface area contributed by atoms with Gasteiger partial charge in [0, 0.05) is 17.5 Å². The topological polar surface area (TPSA) is 103 Å². The molecule has 1 N–H and O–H groups in total. The van der Waals surface area contributed by atoms with Crippen LogP contribution in [0, 0.1) is 0 Å². The van der Waals surface area contributed by atoms with Crippen molar-refractivity contribution in [3.8, 4) is 11.5 Å². The maximum Gasteiger partial charge on any atom is 0.265 e. The minimum Gasteiger partial charge on any atom is -0.497 e. The first-order valence-electron chi connectivity index (χ1n) is 7.81. The summed E-state index contributed by atoms with van der Waals surface area (Å²) < 4.78 is 33.4. The number of anilines is 1. The Kier molecular flexibility index (Phi) is 6.78. The number of hydrogen-bond donors (Lipinski definition) is 1. The summed E-state index contributed by atoms with van der Waals surface area (Å²) >= 11 is 0. The number of benzene rings is 2. The maximum atomic E-state index is 11.9. The molecule has 0 atom stereocenters. The number of amides is 1. The van der Waals surface area contributed by atoms with Crippen molar-refractivity contribution in [2.24, 2.45) is 5.16 Å². The fraction of sp³-hybridized carbons (Fsp3) is 0.222. The van der Waals surface area contributed by atoms with E-state index in [1.54, 1.807) is 37.4 Å². The highest BCUT2D eigenvalue weighted by Gasteiger charge is 2.09. The normalized spacial score (nSPS) is 11.2. The van der Waals surface area contributed by atoms with Crippen LogP contribution in [0.3, 0.4) is 0 Å². The van der Waals surface area contributed by atoms with Gasteiger partial charge in [0.1, 0.15) is 11.5 Å². The molecule has 0 fully saturated rings. The van der Waals surface area contributed by atoms with Crippen molar-refractivity contribution < 1.29 is 27.5 Å². The second kappa shape index (κ2) is 9.04. The zero-order valence-electron chi connectivity index (χ0n) is 15.1. The molecule has 0 radical (unpaired) electrons. The molecule has 0 aliphatic rings. The standard InChI is InChI=1S/C18H20N2O6S/c1-24-15-7-8-17(25-2)13(9-15)11-19-26-12-18(21)20-14-5-4-6-16(10-14)27(3,22)23/h4-11H,12H2,1-3H3,(H,20,21)/b19-11-. The van der Waals surface area contributed by atoms with E-state index in [1.165, 1.54) is 25.5 Å². The minimum absolute atomic E-state index is 0.115. The van der Waals surface area contributed by atoms with Gasteiger partial charge in [0.05, 0.1) is 25.3 Å². The first-order valence-corrected chi connectivity index (χ1v) is 9.70. The van der Waals surface area contributed by atoms with Crippen molar-refractivity contribution in [2.75, 3.05) is 32.4 Å². The van der Waals surface area contributed by atoms with Crippen LogP contribution >= 0.6 is 0 Å². The van der Waals surface area contributed by atoms with Gasteiger partial charge in [-0.25, -0.2) is 8.42 Å². The van der Waals surface area contributed by atoms with Crippen molar-refractivity contribution in [1.29, 1.82) is 0 Å². The van der Waals surface area contributed by atoms with Crippen LogP contribution in [0.15, 0.2) is 52.5 Å². The molecular weight excluding hydrogens is 372 g/mol. The Bertz CT molecular complexity index is 941. The number of carbonyl (C=O) groups excluding carboxylic acids is 1. The van der Waals surface area contributed by atoms with Gasteiger partial charge < -0.3 is 19.6 Å². The summed E-state index contributed by atoms with van der Waals surface area (Å²) in [5.41, 5.74) is 0.975. The third kappa shape index (κ3) is 6.00. The molecule has 0 aliphatic heterocycles. The molecule has 8 nitrogen and oxygen atoms in total. The predicted octanol–water partition coefficient (Wildman–Crippen LogP) is 2.10. The quantitative estimate of drug-likeness (QED) is 0.545. The Hall–Kier alpha value is -3.07. The number of nitrogens with one attached hydrogen (secondary N) is 1. The lowest BCUT2D eigenvalue weighted by atomic mass is 10.2. The third-order valence-corrected chi connectivity index (χ3v) is 4.56. The second-order valence-electron chi connectivity index (χ2n) is 5.46. The molecule has 2 aromatic carbocycles. The first-order chi connectivity index (χ1) is 12.8. The summed E-state index contributed by atoms with van der Waals surface area (Å²) in [7, 11) is -0.283. The molecule has 0 saturated heterocycles. The zero-order valence-corrected chi connectivity index (χ0v) is 15.9. The van der Waals surface area contributed by atoms with Gasteiger partial charge in [-0.1, -0.05) is 11.2 Å². The molecule has 0 aliphatic carbocycles. The zero-order chi connectivity index (χ0) is 19.9. The number of oxime groups is 1. The van der Waals surface area contributed by atoms with Gasteiger partial charge in [0.15, 0.2) is 16.4 Å². The Morgan fingerprint density at radius 1 is 1.15 bits per heavy atom. The maximum absolute atomic E-state index is 11.9. The molecule has 0 unspecified atom stereocenters. The second-order valence-corrected chi connectivity index (χ2v) is 7.48. The highest BCUT2D eigenvalue weighted by molar-refractivity contribution is 7.90. The molecule has 0 heterocycles. The smallest absolute Gasteiger partial charge is 0.265 e. The molecule has 144 valence electrons. The molecule has 27 heavy (non-hydrogen) atoms. The fourth-order valence-corrected chi connectivity index (χ4v) is 2.80. The SMILES string of the molecule is COc1ccc(OC)c(/C=N\OCC(=O)Nc2cccc(S(C)(=O)=O)c2)c1. The van der Waals surface area contributed by atoms with Crippen molar-refractivity contribution in [2.45, 2.75) is 4.90 Å². The fourth-order valence-electron chi connectivity index (χ4n) is 2.13. The summed E-state index contributed by atoms with van der Waals surface area (Å²) in [6.45, 7) is -0.341. The Labute approximate surface area is 157 Å². The van der Waals surface area contributed by atoms with E-state index in [4.69, 9.17) is 14.3 Å². The lowest BCUT2D eigenvalue weighted by Gasteiger charge is -2.07. The molecule has 0 aromatic heterocycles. The molecule has 0 bridgehead atoms. The highest BCUT2D eigenvalue weighted by Crippen LogP contribution is 2.22. The van der Waals surface area contributed by atoms with Crippen LogP contribution in [0.25, 0.3) is 0 Å². The van der Waals surface area contributed by atoms with Crippen LogP contribution in [0.4, 0.5) is 5.69 Å². The summed E-state index contributed by atoms with van der Waals surface area (Å²) in [6, 6.07) is 11.1. The monoisotopic (exact) mass is 392 g/mol. The van der Waals surface area contributed by atoms with Crippen molar-refractivity contribution in [1.82, 2.24) is 0 Å². The van der Waals surface area contributed by atoms with Crippen LogP contribution in [0.5, 0.6) is 11.5 Å². The molecule has 2 rings (SSSR count). The molecular formula is C18H20N2O6S. The molecule has 1 amide bonds. The summed E-state index contributed by atoms with van der Waals surface area (Å²) in [5.74, 6) is 0.723. The van der Waals surface area contributed by atoms with E-state index in [1.807, 2.05) is 0 Å². The van der Waals surface area contributed by atoms with Gasteiger partial charge in [-0.2, -0.15) is 0 Å². The molecule has 0 saturated carbocycles. The number of nitrogens with zero attached hydrogens (tertiary/aromatic N) is 1. The lowest BCUT2D eigenvalue weighted by molar-refractivity contribution is -0.120. The van der Waals surface area contributed by atoms with Crippen LogP contribution in [-0.4, -0.2) is 47.6 Å². The van der Waals surface area contributed by atoms with E-state index >= 15 is 0 Å². The van der Waals surface area contributed by atoms with E-state index in [-0.39, 0.29) is 11.5 Å². The molecule has 2 aromatic rings. The average Bonchev–Trinajstić information content (AvgIpc) is 2.64. The van der Waals surface area contributed by atoms with Crippen LogP contribution < -0.4 is 14.8 Å². The minimum atomic E-state index is -3.35. The van der Waals surface area contributed by atoms with Crippen LogP contribution in [0.1, 0.15) is 5.56 Å². The number of sulfone groups is 1. The summed E-state index contributed by atoms with van der Waals surface area (Å²) in [6.07, 6.45) is 2.50. The Morgan fingerprint density at radius 2 is 1.93 bits per heavy atom. The number of rotatable bonds is 8. The molecule has 0 spiro atoms. The predicted molar refractivity (Wildman–Crippen MR) is 101 cm³/mol. The van der Waals surface area contributed by atoms with E-state index < -0.39 is 15.7 Å². The van der Waals surface area contributed by atoms with Gasteiger partial charge in [-0.15, -0.1) is 0 Å². The van der Waals surface area contributed by atoms with E-state index in [0.29, 0.717) is 22.7 Å². The van der Waals surface area contributed by atoms with Gasteiger partial charge in [-0.05, 0) is 36.4 Å². The summed E-state index contributed by atoms with van der Waals surface area (Å²) in [4.78, 5) is 17.0. The number of ether oxygens (including phenoxy) is 2. The lowest BCUT2D eigenvalue weighted by Crippen LogP contribution is -2.17. The van der Waals surface area contributed by atoms with Gasteiger partial charge in [0.2, 0.25) is 0 Å². The van der Waals surface area contributed by atoms with E-state index in [0.717, 1.165) is 6.26 Å². The number of carbonyl (C=O) groups is 1. The van der Waals surface area contributed by atoms with E-state index in [9.17, 15) is 13.2 Å². The van der Waals surface area contributed by atoms with Crippen LogP contribution in [-0.2, 0) is 19.5 Å². The largest absolute Gasteiger partial charge is 0.497 e. The average molecular weight is 392 g/mol. The van der Waals surface area contributed by atoms with Crippen LogP contribution in [0.2, 0.25) is 0 Å². The van der Waals surface area contributed by atoms with E-state index in [2.05, 4.69) is 10.5 Å². The number of hydrogen-bond acceptors (Lipinski definition) is 7. The van der Waals surface area contributed by atoms with Crippen molar-refractivity contribution in [3.05, 3.63) is 48.0 Å². The summed E-state index contributed by atoms with van der Waals surface area (Å²) in [5, 5.41) is 6.29. The van der Waals surface area contributed by atoms with Crippen molar-refractivity contribution in [3.63, 3.8) is 0 Å². The van der Waals surface area contributed by atoms with Gasteiger partial charge in [-0.3, -0.25) is 4.79 Å². The first kappa shape index (κ1) is 20.2. The Morgan fingerprint density at radius 3 is 2.59 bits per heavy atom.